The van der Waals surface area contributed by atoms with Gasteiger partial charge in [0.1, 0.15) is 0 Å². The molecule has 4 nitrogen and oxygen atoms in total. The van der Waals surface area contributed by atoms with Crippen molar-refractivity contribution in [3.05, 3.63) is 48.3 Å². The second kappa shape index (κ2) is 5.95. The molecule has 0 atom stereocenters. The van der Waals surface area contributed by atoms with E-state index in [0.29, 0.717) is 5.56 Å². The second-order valence-electron chi connectivity index (χ2n) is 6.69. The molecule has 1 saturated carbocycles. The quantitative estimate of drug-likeness (QED) is 0.941. The molecular formula is C18H23N3O. The zero-order chi connectivity index (χ0) is 15.6. The minimum Gasteiger partial charge on any atom is -0.347 e. The number of nitrogens with one attached hydrogen (secondary N) is 1. The van der Waals surface area contributed by atoms with Gasteiger partial charge in [-0.05, 0) is 68.9 Å². The van der Waals surface area contributed by atoms with Gasteiger partial charge < -0.3 is 5.32 Å². The second-order valence-corrected chi connectivity index (χ2v) is 6.69. The maximum Gasteiger partial charge on any atom is 0.251 e. The number of hydrogen-bond donors (Lipinski definition) is 1. The van der Waals surface area contributed by atoms with E-state index in [1.165, 1.54) is 12.8 Å². The van der Waals surface area contributed by atoms with Crippen molar-refractivity contribution >= 4 is 5.91 Å². The van der Waals surface area contributed by atoms with Crippen LogP contribution in [0.2, 0.25) is 0 Å². The normalized spacial score (nSPS) is 24.9. The number of nitrogens with zero attached hydrogens (tertiary/aromatic N) is 2. The first-order chi connectivity index (χ1) is 10.6. The Kier molecular flexibility index (Phi) is 4.01. The van der Waals surface area contributed by atoms with E-state index in [9.17, 15) is 4.79 Å². The third-order valence-electron chi connectivity index (χ3n) is 4.69. The molecule has 1 aliphatic rings. The van der Waals surface area contributed by atoms with Crippen molar-refractivity contribution in [3.8, 4) is 5.69 Å². The van der Waals surface area contributed by atoms with Crippen LogP contribution in [0, 0.1) is 5.92 Å². The van der Waals surface area contributed by atoms with Crippen LogP contribution < -0.4 is 5.32 Å². The maximum atomic E-state index is 12.5. The van der Waals surface area contributed by atoms with Crippen molar-refractivity contribution in [1.29, 1.82) is 0 Å². The van der Waals surface area contributed by atoms with Gasteiger partial charge in [0.05, 0.1) is 5.69 Å². The number of carbonyl (C=O) groups excluding carboxylic acids is 1. The molecule has 0 bridgehead atoms. The molecule has 0 unspecified atom stereocenters. The highest BCUT2D eigenvalue weighted by Gasteiger charge is 2.31. The van der Waals surface area contributed by atoms with Crippen LogP contribution in [0.25, 0.3) is 5.69 Å². The van der Waals surface area contributed by atoms with Crippen LogP contribution >= 0.6 is 0 Å². The molecule has 1 N–H and O–H groups in total. The average Bonchev–Trinajstić information content (AvgIpc) is 3.05. The average molecular weight is 297 g/mol. The van der Waals surface area contributed by atoms with Crippen LogP contribution in [0.15, 0.2) is 42.7 Å². The highest BCUT2D eigenvalue weighted by molar-refractivity contribution is 5.94. The maximum absolute atomic E-state index is 12.5. The lowest BCUT2D eigenvalue weighted by Crippen LogP contribution is -2.48. The fourth-order valence-corrected chi connectivity index (χ4v) is 3.06. The van der Waals surface area contributed by atoms with E-state index in [2.05, 4.69) is 24.3 Å². The topological polar surface area (TPSA) is 46.9 Å². The first-order valence-corrected chi connectivity index (χ1v) is 7.98. The van der Waals surface area contributed by atoms with Crippen LogP contribution in [0.4, 0.5) is 0 Å². The Hall–Kier alpha value is -2.10. The lowest BCUT2D eigenvalue weighted by Gasteiger charge is -2.37. The van der Waals surface area contributed by atoms with Gasteiger partial charge in [0, 0.05) is 23.5 Å². The SMILES string of the molecule is CC1CCC(C)(NC(=O)c2ccc(-n3cccn3)cc2)CC1. The molecule has 0 aliphatic heterocycles. The molecule has 2 aromatic rings. The fraction of sp³-hybridized carbons (Fsp3) is 0.444. The summed E-state index contributed by atoms with van der Waals surface area (Å²) in [6.07, 6.45) is 8.13. The minimum absolute atomic E-state index is 0.0177. The van der Waals surface area contributed by atoms with E-state index < -0.39 is 0 Å². The Balaban J connectivity index is 1.67. The fourth-order valence-electron chi connectivity index (χ4n) is 3.06. The number of benzene rings is 1. The molecule has 1 heterocycles. The summed E-state index contributed by atoms with van der Waals surface area (Å²) >= 11 is 0. The zero-order valence-corrected chi connectivity index (χ0v) is 13.2. The third kappa shape index (κ3) is 3.21. The number of rotatable bonds is 3. The molecule has 0 radical (unpaired) electrons. The van der Waals surface area contributed by atoms with Crippen molar-refractivity contribution in [3.63, 3.8) is 0 Å². The van der Waals surface area contributed by atoms with E-state index >= 15 is 0 Å². The molecule has 4 heteroatoms. The van der Waals surface area contributed by atoms with E-state index in [-0.39, 0.29) is 11.4 Å². The summed E-state index contributed by atoms with van der Waals surface area (Å²) in [6.45, 7) is 4.45. The Bertz CT molecular complexity index is 623. The van der Waals surface area contributed by atoms with E-state index in [1.807, 2.05) is 36.5 Å². The van der Waals surface area contributed by atoms with Crippen molar-refractivity contribution in [2.75, 3.05) is 0 Å². The smallest absolute Gasteiger partial charge is 0.251 e. The summed E-state index contributed by atoms with van der Waals surface area (Å²) in [5.41, 5.74) is 1.60. The van der Waals surface area contributed by atoms with Crippen LogP contribution in [-0.4, -0.2) is 21.2 Å². The summed E-state index contributed by atoms with van der Waals surface area (Å²) in [5.74, 6) is 0.794. The van der Waals surface area contributed by atoms with Gasteiger partial charge in [0.15, 0.2) is 0 Å². The van der Waals surface area contributed by atoms with Crippen LogP contribution in [0.1, 0.15) is 49.9 Å². The zero-order valence-electron chi connectivity index (χ0n) is 13.2. The molecule has 116 valence electrons. The van der Waals surface area contributed by atoms with Crippen LogP contribution in [0.3, 0.4) is 0 Å². The predicted octanol–water partition coefficient (Wildman–Crippen LogP) is 3.57. The summed E-state index contributed by atoms with van der Waals surface area (Å²) in [7, 11) is 0. The lowest BCUT2D eigenvalue weighted by molar-refractivity contribution is 0.0870. The Morgan fingerprint density at radius 1 is 1.27 bits per heavy atom. The van der Waals surface area contributed by atoms with Crippen molar-refractivity contribution in [1.82, 2.24) is 15.1 Å². The number of amides is 1. The first kappa shape index (κ1) is 14.8. The van der Waals surface area contributed by atoms with Gasteiger partial charge in [-0.15, -0.1) is 0 Å². The molecule has 3 rings (SSSR count). The molecule has 0 saturated heterocycles. The molecule has 1 aromatic heterocycles. The van der Waals surface area contributed by atoms with Gasteiger partial charge in [0.25, 0.3) is 5.91 Å². The van der Waals surface area contributed by atoms with E-state index in [4.69, 9.17) is 0 Å². The van der Waals surface area contributed by atoms with E-state index in [1.54, 1.807) is 10.9 Å². The third-order valence-corrected chi connectivity index (χ3v) is 4.69. The number of aromatic nitrogens is 2. The summed E-state index contributed by atoms with van der Waals surface area (Å²) in [5, 5.41) is 7.41. The number of carbonyl (C=O) groups is 1. The Morgan fingerprint density at radius 2 is 1.95 bits per heavy atom. The predicted molar refractivity (Wildman–Crippen MR) is 87.1 cm³/mol. The largest absolute Gasteiger partial charge is 0.347 e. The van der Waals surface area contributed by atoms with Crippen molar-refractivity contribution < 1.29 is 4.79 Å². The first-order valence-electron chi connectivity index (χ1n) is 7.98. The summed E-state index contributed by atoms with van der Waals surface area (Å²) in [6, 6.07) is 9.45. The molecule has 1 amide bonds. The molecule has 1 aliphatic carbocycles. The number of hydrogen-bond acceptors (Lipinski definition) is 2. The molecule has 22 heavy (non-hydrogen) atoms. The van der Waals surface area contributed by atoms with Gasteiger partial charge in [0.2, 0.25) is 0 Å². The summed E-state index contributed by atoms with van der Waals surface area (Å²) in [4.78, 5) is 12.5. The van der Waals surface area contributed by atoms with Crippen LogP contribution in [0.5, 0.6) is 0 Å². The monoisotopic (exact) mass is 297 g/mol. The van der Waals surface area contributed by atoms with Gasteiger partial charge in [-0.25, -0.2) is 4.68 Å². The molecule has 0 spiro atoms. The van der Waals surface area contributed by atoms with Gasteiger partial charge in [-0.2, -0.15) is 5.10 Å². The lowest BCUT2D eigenvalue weighted by atomic mass is 9.78. The highest BCUT2D eigenvalue weighted by atomic mass is 16.1. The molecule has 1 fully saturated rings. The van der Waals surface area contributed by atoms with Gasteiger partial charge in [-0.3, -0.25) is 4.79 Å². The van der Waals surface area contributed by atoms with Crippen molar-refractivity contribution in [2.45, 2.75) is 45.1 Å². The Labute approximate surface area is 131 Å². The molecule has 1 aromatic carbocycles. The van der Waals surface area contributed by atoms with Gasteiger partial charge in [-0.1, -0.05) is 6.92 Å². The van der Waals surface area contributed by atoms with Crippen molar-refractivity contribution in [2.24, 2.45) is 5.92 Å². The van der Waals surface area contributed by atoms with Crippen LogP contribution in [-0.2, 0) is 0 Å². The molecular weight excluding hydrogens is 274 g/mol. The summed E-state index contributed by atoms with van der Waals surface area (Å²) < 4.78 is 1.78. The van der Waals surface area contributed by atoms with Gasteiger partial charge >= 0.3 is 0 Å². The standard InChI is InChI=1S/C18H23N3O/c1-14-8-10-18(2,11-9-14)20-17(22)15-4-6-16(7-5-15)21-13-3-12-19-21/h3-7,12-14H,8-11H2,1-2H3,(H,20,22). The minimum atomic E-state index is -0.0652. The highest BCUT2D eigenvalue weighted by Crippen LogP contribution is 2.31. The van der Waals surface area contributed by atoms with E-state index in [0.717, 1.165) is 24.4 Å². The Morgan fingerprint density at radius 3 is 2.55 bits per heavy atom.